The van der Waals surface area contributed by atoms with Crippen LogP contribution in [0.2, 0.25) is 0 Å². The number of rotatable bonds is 2. The standard InChI is InChI=1S/C14H12N4/c15-14-17-9-12(10-4-2-1-3-5-10)13(18-14)11-6-7-16-8-11/h1-9,16H,(H2,15,17,18). The third-order valence-electron chi connectivity index (χ3n) is 2.76. The SMILES string of the molecule is Nc1ncc(-c2ccccc2)c(-c2cc[nH]c2)n1. The van der Waals surface area contributed by atoms with Crippen LogP contribution in [-0.4, -0.2) is 15.0 Å². The zero-order chi connectivity index (χ0) is 12.4. The van der Waals surface area contributed by atoms with Gasteiger partial charge in [0.25, 0.3) is 0 Å². The van der Waals surface area contributed by atoms with Crippen molar-refractivity contribution in [2.75, 3.05) is 5.73 Å². The number of nitrogens with one attached hydrogen (secondary N) is 1. The van der Waals surface area contributed by atoms with Crippen LogP contribution in [0.4, 0.5) is 5.95 Å². The van der Waals surface area contributed by atoms with Crippen LogP contribution in [0, 0.1) is 0 Å². The van der Waals surface area contributed by atoms with E-state index in [1.54, 1.807) is 6.20 Å². The molecule has 0 saturated carbocycles. The predicted molar refractivity (Wildman–Crippen MR) is 71.7 cm³/mol. The Kier molecular flexibility index (Phi) is 2.53. The molecule has 3 rings (SSSR count). The summed E-state index contributed by atoms with van der Waals surface area (Å²) < 4.78 is 0. The molecule has 0 unspecified atom stereocenters. The molecule has 0 atom stereocenters. The van der Waals surface area contributed by atoms with Crippen molar-refractivity contribution in [3.8, 4) is 22.4 Å². The van der Waals surface area contributed by atoms with Gasteiger partial charge in [0.1, 0.15) is 0 Å². The van der Waals surface area contributed by atoms with Gasteiger partial charge in [-0.1, -0.05) is 30.3 Å². The van der Waals surface area contributed by atoms with Crippen LogP contribution in [0.1, 0.15) is 0 Å². The van der Waals surface area contributed by atoms with Crippen LogP contribution in [0.3, 0.4) is 0 Å². The summed E-state index contributed by atoms with van der Waals surface area (Å²) >= 11 is 0. The summed E-state index contributed by atoms with van der Waals surface area (Å²) in [6, 6.07) is 12.0. The Morgan fingerprint density at radius 1 is 1.00 bits per heavy atom. The van der Waals surface area contributed by atoms with Crippen molar-refractivity contribution in [3.05, 3.63) is 55.0 Å². The number of nitrogen functional groups attached to an aromatic ring is 1. The van der Waals surface area contributed by atoms with Crippen LogP contribution in [0.5, 0.6) is 0 Å². The number of hydrogen-bond donors (Lipinski definition) is 2. The van der Waals surface area contributed by atoms with Gasteiger partial charge in [0, 0.05) is 29.7 Å². The molecular weight excluding hydrogens is 224 g/mol. The van der Waals surface area contributed by atoms with E-state index in [0.717, 1.165) is 22.4 Å². The molecule has 88 valence electrons. The van der Waals surface area contributed by atoms with Crippen LogP contribution >= 0.6 is 0 Å². The normalized spacial score (nSPS) is 10.4. The molecule has 0 bridgehead atoms. The van der Waals surface area contributed by atoms with Gasteiger partial charge in [0.2, 0.25) is 5.95 Å². The van der Waals surface area contributed by atoms with E-state index in [4.69, 9.17) is 5.73 Å². The summed E-state index contributed by atoms with van der Waals surface area (Å²) in [7, 11) is 0. The highest BCUT2D eigenvalue weighted by Crippen LogP contribution is 2.29. The molecule has 0 spiro atoms. The number of benzene rings is 1. The van der Waals surface area contributed by atoms with Crippen molar-refractivity contribution in [1.29, 1.82) is 0 Å². The molecular formula is C14H12N4. The number of nitrogens with zero attached hydrogens (tertiary/aromatic N) is 2. The smallest absolute Gasteiger partial charge is 0.220 e. The van der Waals surface area contributed by atoms with Gasteiger partial charge in [-0.15, -0.1) is 0 Å². The topological polar surface area (TPSA) is 67.6 Å². The number of aromatic amines is 1. The van der Waals surface area contributed by atoms with Gasteiger partial charge >= 0.3 is 0 Å². The van der Waals surface area contributed by atoms with Crippen LogP contribution in [0.25, 0.3) is 22.4 Å². The van der Waals surface area contributed by atoms with Crippen LogP contribution < -0.4 is 5.73 Å². The highest BCUT2D eigenvalue weighted by Gasteiger charge is 2.10. The van der Waals surface area contributed by atoms with E-state index >= 15 is 0 Å². The maximum Gasteiger partial charge on any atom is 0.220 e. The lowest BCUT2D eigenvalue weighted by atomic mass is 10.0. The fraction of sp³-hybridized carbons (Fsp3) is 0. The third kappa shape index (κ3) is 1.84. The molecule has 3 aromatic rings. The Labute approximate surface area is 105 Å². The number of H-pyrrole nitrogens is 1. The zero-order valence-corrected chi connectivity index (χ0v) is 9.67. The third-order valence-corrected chi connectivity index (χ3v) is 2.76. The lowest BCUT2D eigenvalue weighted by Gasteiger charge is -2.07. The van der Waals surface area contributed by atoms with E-state index in [0.29, 0.717) is 0 Å². The molecule has 0 aliphatic heterocycles. The fourth-order valence-electron chi connectivity index (χ4n) is 1.92. The van der Waals surface area contributed by atoms with Crippen LogP contribution in [-0.2, 0) is 0 Å². The minimum Gasteiger partial charge on any atom is -0.368 e. The van der Waals surface area contributed by atoms with E-state index in [1.807, 2.05) is 48.8 Å². The molecule has 1 aromatic carbocycles. The highest BCUT2D eigenvalue weighted by atomic mass is 15.0. The quantitative estimate of drug-likeness (QED) is 0.718. The second-order valence-corrected chi connectivity index (χ2v) is 3.96. The number of nitrogens with two attached hydrogens (primary N) is 1. The Balaban J connectivity index is 2.21. The molecule has 0 saturated heterocycles. The van der Waals surface area contributed by atoms with Crippen molar-refractivity contribution in [2.24, 2.45) is 0 Å². The van der Waals surface area contributed by atoms with Crippen molar-refractivity contribution >= 4 is 5.95 Å². The van der Waals surface area contributed by atoms with Gasteiger partial charge < -0.3 is 10.7 Å². The Morgan fingerprint density at radius 2 is 1.83 bits per heavy atom. The maximum atomic E-state index is 5.68. The van der Waals surface area contributed by atoms with E-state index in [1.165, 1.54) is 0 Å². The highest BCUT2D eigenvalue weighted by molar-refractivity contribution is 5.80. The van der Waals surface area contributed by atoms with Gasteiger partial charge in [-0.2, -0.15) is 0 Å². The summed E-state index contributed by atoms with van der Waals surface area (Å²) in [5, 5.41) is 0. The lowest BCUT2D eigenvalue weighted by molar-refractivity contribution is 1.19. The van der Waals surface area contributed by atoms with Gasteiger partial charge in [0.05, 0.1) is 5.69 Å². The average Bonchev–Trinajstić information content (AvgIpc) is 2.93. The van der Waals surface area contributed by atoms with E-state index < -0.39 is 0 Å². The molecule has 0 fully saturated rings. The Bertz CT molecular complexity index is 645. The van der Waals surface area contributed by atoms with Gasteiger partial charge in [-0.25, -0.2) is 9.97 Å². The molecule has 0 amide bonds. The van der Waals surface area contributed by atoms with Crippen molar-refractivity contribution in [2.45, 2.75) is 0 Å². The molecule has 2 heterocycles. The molecule has 0 radical (unpaired) electrons. The summed E-state index contributed by atoms with van der Waals surface area (Å²) in [5.74, 6) is 0.283. The molecule has 0 aliphatic rings. The second kappa shape index (κ2) is 4.33. The Hall–Kier alpha value is -2.62. The maximum absolute atomic E-state index is 5.68. The number of anilines is 1. The summed E-state index contributed by atoms with van der Waals surface area (Å²) in [4.78, 5) is 11.4. The predicted octanol–water partition coefficient (Wildman–Crippen LogP) is 2.72. The van der Waals surface area contributed by atoms with E-state index in [2.05, 4.69) is 15.0 Å². The molecule has 0 aliphatic carbocycles. The monoisotopic (exact) mass is 236 g/mol. The average molecular weight is 236 g/mol. The first-order valence-corrected chi connectivity index (χ1v) is 5.66. The van der Waals surface area contributed by atoms with Gasteiger partial charge in [-0.05, 0) is 11.6 Å². The first kappa shape index (κ1) is 10.5. The van der Waals surface area contributed by atoms with E-state index in [-0.39, 0.29) is 5.95 Å². The summed E-state index contributed by atoms with van der Waals surface area (Å²) in [6.07, 6.45) is 5.52. The second-order valence-electron chi connectivity index (χ2n) is 3.96. The van der Waals surface area contributed by atoms with Crippen molar-refractivity contribution in [3.63, 3.8) is 0 Å². The zero-order valence-electron chi connectivity index (χ0n) is 9.67. The number of hydrogen-bond acceptors (Lipinski definition) is 3. The Morgan fingerprint density at radius 3 is 2.56 bits per heavy atom. The summed E-state index contributed by atoms with van der Waals surface area (Å²) in [5.41, 5.74) is 9.58. The van der Waals surface area contributed by atoms with Crippen molar-refractivity contribution < 1.29 is 0 Å². The molecule has 4 nitrogen and oxygen atoms in total. The molecule has 2 aromatic heterocycles. The molecule has 3 N–H and O–H groups in total. The first-order valence-electron chi connectivity index (χ1n) is 5.66. The van der Waals surface area contributed by atoms with Gasteiger partial charge in [-0.3, -0.25) is 0 Å². The number of aromatic nitrogens is 3. The minimum absolute atomic E-state index is 0.283. The van der Waals surface area contributed by atoms with Crippen molar-refractivity contribution in [1.82, 2.24) is 15.0 Å². The fourth-order valence-corrected chi connectivity index (χ4v) is 1.92. The molecule has 18 heavy (non-hydrogen) atoms. The van der Waals surface area contributed by atoms with Crippen LogP contribution in [0.15, 0.2) is 55.0 Å². The van der Waals surface area contributed by atoms with Gasteiger partial charge in [0.15, 0.2) is 0 Å². The minimum atomic E-state index is 0.283. The lowest BCUT2D eigenvalue weighted by Crippen LogP contribution is -1.98. The molecule has 4 heteroatoms. The van der Waals surface area contributed by atoms with E-state index in [9.17, 15) is 0 Å². The largest absolute Gasteiger partial charge is 0.368 e. The summed E-state index contributed by atoms with van der Waals surface area (Å²) in [6.45, 7) is 0. The first-order chi connectivity index (χ1) is 8.84.